The van der Waals surface area contributed by atoms with E-state index in [4.69, 9.17) is 0 Å². The molecule has 2 aliphatic rings. The van der Waals surface area contributed by atoms with Gasteiger partial charge in [-0.25, -0.2) is 9.97 Å². The monoisotopic (exact) mass is 386 g/mol. The Kier molecular flexibility index (Phi) is 5.85. The van der Waals surface area contributed by atoms with Crippen LogP contribution in [0.4, 0.5) is 19.1 Å². The quantitative estimate of drug-likeness (QED) is 0.830. The van der Waals surface area contributed by atoms with Crippen molar-refractivity contribution in [1.29, 1.82) is 0 Å². The summed E-state index contributed by atoms with van der Waals surface area (Å²) in [5, 5.41) is 3.27. The maximum Gasteiger partial charge on any atom is 0.433 e. The summed E-state index contributed by atoms with van der Waals surface area (Å²) in [4.78, 5) is 26.1. The Bertz CT molecular complexity index is 660. The molecule has 0 bridgehead atoms. The van der Waals surface area contributed by atoms with E-state index in [-0.39, 0.29) is 17.9 Å². The van der Waals surface area contributed by atoms with Gasteiger partial charge in [-0.2, -0.15) is 13.2 Å². The van der Waals surface area contributed by atoms with Gasteiger partial charge in [0.1, 0.15) is 5.69 Å². The number of nitrogens with zero attached hydrogens (tertiary/aromatic N) is 5. The molecule has 1 amide bonds. The molecule has 150 valence electrons. The molecular formula is C17H25F3N6O. The van der Waals surface area contributed by atoms with E-state index in [1.165, 1.54) is 0 Å². The number of hydrogen-bond donors (Lipinski definition) is 1. The number of hydrogen-bond acceptors (Lipinski definition) is 6. The average Bonchev–Trinajstić information content (AvgIpc) is 2.67. The maximum absolute atomic E-state index is 12.8. The van der Waals surface area contributed by atoms with E-state index in [2.05, 4.69) is 34.0 Å². The molecule has 3 heterocycles. The van der Waals surface area contributed by atoms with E-state index in [1.807, 2.05) is 0 Å². The molecule has 0 saturated carbocycles. The van der Waals surface area contributed by atoms with Crippen LogP contribution in [-0.4, -0.2) is 83.6 Å². The number of anilines is 1. The summed E-state index contributed by atoms with van der Waals surface area (Å²) in [6, 6.07) is 1.01. The Morgan fingerprint density at radius 3 is 2.56 bits per heavy atom. The molecule has 2 saturated heterocycles. The Balaban J connectivity index is 1.58. The van der Waals surface area contributed by atoms with Crippen LogP contribution in [0.3, 0.4) is 0 Å². The van der Waals surface area contributed by atoms with Gasteiger partial charge in [0.05, 0.1) is 6.04 Å². The number of nitrogens with one attached hydrogen (secondary N) is 1. The Hall–Kier alpha value is -1.94. The smallest absolute Gasteiger partial charge is 0.338 e. The molecular weight excluding hydrogens is 361 g/mol. The van der Waals surface area contributed by atoms with E-state index in [9.17, 15) is 18.0 Å². The second-order valence-corrected chi connectivity index (χ2v) is 7.15. The van der Waals surface area contributed by atoms with Gasteiger partial charge in [0.15, 0.2) is 0 Å². The number of carbonyl (C=O) groups is 1. The molecule has 1 atom stereocenters. The van der Waals surface area contributed by atoms with E-state index < -0.39 is 11.9 Å². The largest absolute Gasteiger partial charge is 0.433 e. The Morgan fingerprint density at radius 2 is 1.93 bits per heavy atom. The summed E-state index contributed by atoms with van der Waals surface area (Å²) in [5.41, 5.74) is -0.953. The average molecular weight is 386 g/mol. The van der Waals surface area contributed by atoms with Crippen LogP contribution in [0.15, 0.2) is 12.3 Å². The molecule has 3 rings (SSSR count). The molecule has 2 fully saturated rings. The molecule has 1 N–H and O–H groups in total. The van der Waals surface area contributed by atoms with Crippen molar-refractivity contribution in [1.82, 2.24) is 25.1 Å². The lowest BCUT2D eigenvalue weighted by Crippen LogP contribution is -2.61. The van der Waals surface area contributed by atoms with Crippen LogP contribution in [0.5, 0.6) is 0 Å². The minimum atomic E-state index is -4.50. The van der Waals surface area contributed by atoms with E-state index >= 15 is 0 Å². The highest BCUT2D eigenvalue weighted by Gasteiger charge is 2.34. The summed E-state index contributed by atoms with van der Waals surface area (Å²) in [5.74, 6) is 0.101. The number of rotatable bonds is 3. The predicted octanol–water partition coefficient (Wildman–Crippen LogP) is 0.826. The molecule has 0 spiro atoms. The summed E-state index contributed by atoms with van der Waals surface area (Å²) in [6.45, 7) is 8.29. The summed E-state index contributed by atoms with van der Waals surface area (Å²) >= 11 is 0. The van der Waals surface area contributed by atoms with E-state index in [0.29, 0.717) is 38.8 Å². The molecule has 27 heavy (non-hydrogen) atoms. The van der Waals surface area contributed by atoms with Crippen molar-refractivity contribution in [3.63, 3.8) is 0 Å². The van der Waals surface area contributed by atoms with Gasteiger partial charge >= 0.3 is 6.18 Å². The van der Waals surface area contributed by atoms with Crippen LogP contribution in [0.25, 0.3) is 0 Å². The number of alkyl halides is 3. The van der Waals surface area contributed by atoms with Crippen molar-refractivity contribution in [3.8, 4) is 0 Å². The molecule has 0 aromatic carbocycles. The highest BCUT2D eigenvalue weighted by atomic mass is 19.4. The zero-order chi connectivity index (χ0) is 19.6. The second-order valence-electron chi connectivity index (χ2n) is 7.15. The summed E-state index contributed by atoms with van der Waals surface area (Å²) < 4.78 is 38.5. The highest BCUT2D eigenvalue weighted by molar-refractivity contribution is 5.82. The van der Waals surface area contributed by atoms with Crippen LogP contribution < -0.4 is 10.2 Å². The first-order valence-electron chi connectivity index (χ1n) is 9.17. The zero-order valence-electron chi connectivity index (χ0n) is 15.5. The Morgan fingerprint density at radius 1 is 1.22 bits per heavy atom. The number of halogens is 3. The highest BCUT2D eigenvalue weighted by Crippen LogP contribution is 2.28. The molecule has 0 aliphatic carbocycles. The predicted molar refractivity (Wildman–Crippen MR) is 94.3 cm³/mol. The van der Waals surface area contributed by atoms with Crippen LogP contribution in [0.2, 0.25) is 0 Å². The van der Waals surface area contributed by atoms with Crippen LogP contribution in [0.1, 0.15) is 19.5 Å². The van der Waals surface area contributed by atoms with E-state index in [1.54, 1.807) is 9.80 Å². The number of piperazine rings is 2. The normalized spacial score (nSPS) is 22.4. The topological polar surface area (TPSA) is 64.6 Å². The lowest BCUT2D eigenvalue weighted by Gasteiger charge is -2.40. The van der Waals surface area contributed by atoms with Gasteiger partial charge in [-0.15, -0.1) is 0 Å². The minimum Gasteiger partial charge on any atom is -0.338 e. The molecule has 10 heteroatoms. The third-order valence-corrected chi connectivity index (χ3v) is 5.04. The molecule has 7 nitrogen and oxygen atoms in total. The van der Waals surface area contributed by atoms with Crippen molar-refractivity contribution >= 4 is 11.9 Å². The lowest BCUT2D eigenvalue weighted by atomic mass is 10.1. The molecule has 2 aliphatic heterocycles. The first kappa shape index (κ1) is 19.8. The van der Waals surface area contributed by atoms with Gasteiger partial charge in [-0.1, -0.05) is 0 Å². The van der Waals surface area contributed by atoms with Crippen LogP contribution in [0, 0.1) is 0 Å². The third kappa shape index (κ3) is 4.67. The standard InChI is InChI=1S/C17H25F3N6O/c1-12(2)26-6-5-21-13(11-26)15(27)24-7-9-25(10-8-24)16-22-4-3-14(23-16)17(18,19)20/h3-4,12-13,21H,5-11H2,1-2H3/t13-/m1/s1. The summed E-state index contributed by atoms with van der Waals surface area (Å²) in [7, 11) is 0. The minimum absolute atomic E-state index is 0.0463. The second kappa shape index (κ2) is 7.97. The molecule has 1 aromatic heterocycles. The molecule has 1 aromatic rings. The van der Waals surface area contributed by atoms with Gasteiger partial charge in [-0.05, 0) is 19.9 Å². The van der Waals surface area contributed by atoms with Crippen molar-refractivity contribution in [2.45, 2.75) is 32.1 Å². The van der Waals surface area contributed by atoms with Crippen LogP contribution >= 0.6 is 0 Å². The number of aromatic nitrogens is 2. The van der Waals surface area contributed by atoms with Gasteiger partial charge in [0.2, 0.25) is 11.9 Å². The van der Waals surface area contributed by atoms with Gasteiger partial charge in [0.25, 0.3) is 0 Å². The zero-order valence-corrected chi connectivity index (χ0v) is 15.5. The Labute approximate surface area is 156 Å². The first-order chi connectivity index (χ1) is 12.8. The fourth-order valence-electron chi connectivity index (χ4n) is 3.41. The SMILES string of the molecule is CC(C)N1CCN[C@@H](C(=O)N2CCN(c3nccc(C(F)(F)F)n3)CC2)C1. The van der Waals surface area contributed by atoms with Crippen molar-refractivity contribution in [3.05, 3.63) is 18.0 Å². The van der Waals surface area contributed by atoms with E-state index in [0.717, 1.165) is 25.4 Å². The molecule has 0 unspecified atom stereocenters. The van der Waals surface area contributed by atoms with Gasteiger partial charge < -0.3 is 15.1 Å². The lowest BCUT2D eigenvalue weighted by molar-refractivity contribution is -0.141. The van der Waals surface area contributed by atoms with Gasteiger partial charge in [-0.3, -0.25) is 9.69 Å². The summed E-state index contributed by atoms with van der Waals surface area (Å²) in [6.07, 6.45) is -3.38. The first-order valence-corrected chi connectivity index (χ1v) is 9.17. The van der Waals surface area contributed by atoms with Gasteiger partial charge in [0, 0.05) is 58.1 Å². The van der Waals surface area contributed by atoms with Crippen molar-refractivity contribution in [2.75, 3.05) is 50.7 Å². The number of carbonyl (C=O) groups excluding carboxylic acids is 1. The van der Waals surface area contributed by atoms with Crippen molar-refractivity contribution < 1.29 is 18.0 Å². The van der Waals surface area contributed by atoms with Crippen molar-refractivity contribution in [2.24, 2.45) is 0 Å². The molecule has 0 radical (unpaired) electrons. The fourth-order valence-corrected chi connectivity index (χ4v) is 3.41. The fraction of sp³-hybridized carbons (Fsp3) is 0.706. The van der Waals surface area contributed by atoms with Crippen LogP contribution in [-0.2, 0) is 11.0 Å². The third-order valence-electron chi connectivity index (χ3n) is 5.04. The number of amides is 1. The maximum atomic E-state index is 12.8.